The van der Waals surface area contributed by atoms with E-state index >= 15 is 0 Å². The van der Waals surface area contributed by atoms with Crippen molar-refractivity contribution in [2.24, 2.45) is 0 Å². The summed E-state index contributed by atoms with van der Waals surface area (Å²) in [5, 5.41) is 2.82. The van der Waals surface area contributed by atoms with Crippen molar-refractivity contribution in [2.75, 3.05) is 11.6 Å². The van der Waals surface area contributed by atoms with Crippen LogP contribution in [0.3, 0.4) is 0 Å². The van der Waals surface area contributed by atoms with Crippen LogP contribution in [0.1, 0.15) is 10.4 Å². The monoisotopic (exact) mass is 280 g/mol. The van der Waals surface area contributed by atoms with E-state index in [-0.39, 0.29) is 18.3 Å². The third kappa shape index (κ3) is 3.75. The highest BCUT2D eigenvalue weighted by molar-refractivity contribution is 7.98. The number of anilines is 1. The van der Waals surface area contributed by atoms with Gasteiger partial charge in [0, 0.05) is 23.0 Å². The molecule has 1 aromatic heterocycles. The Morgan fingerprint density at radius 1 is 1.22 bits per heavy atom. The van der Waals surface area contributed by atoms with Crippen LogP contribution in [0.5, 0.6) is 0 Å². The second-order valence-electron chi connectivity index (χ2n) is 3.42. The summed E-state index contributed by atoms with van der Waals surface area (Å²) >= 11 is 1.67. The Hall–Kier alpha value is -1.52. The topological polar surface area (TPSA) is 42.0 Å². The minimum atomic E-state index is -0.144. The van der Waals surface area contributed by atoms with E-state index < -0.39 is 0 Å². The summed E-state index contributed by atoms with van der Waals surface area (Å²) in [6.45, 7) is 0. The van der Waals surface area contributed by atoms with Gasteiger partial charge in [-0.05, 0) is 42.7 Å². The van der Waals surface area contributed by atoms with E-state index in [0.29, 0.717) is 5.56 Å². The number of carbonyl (C=O) groups is 1. The van der Waals surface area contributed by atoms with Gasteiger partial charge in [-0.1, -0.05) is 0 Å². The van der Waals surface area contributed by atoms with E-state index in [1.54, 1.807) is 36.3 Å². The molecule has 0 radical (unpaired) electrons. The van der Waals surface area contributed by atoms with Crippen molar-refractivity contribution in [3.8, 4) is 0 Å². The number of aromatic nitrogens is 1. The zero-order valence-corrected chi connectivity index (χ0v) is 11.4. The molecule has 94 valence electrons. The van der Waals surface area contributed by atoms with E-state index in [9.17, 15) is 4.79 Å². The lowest BCUT2D eigenvalue weighted by Gasteiger charge is -2.05. The Bertz CT molecular complexity index is 502. The minimum Gasteiger partial charge on any atom is -0.322 e. The average Bonchev–Trinajstić information content (AvgIpc) is 2.40. The molecule has 3 nitrogen and oxygen atoms in total. The molecule has 5 heteroatoms. The van der Waals surface area contributed by atoms with Gasteiger partial charge in [0.1, 0.15) is 0 Å². The van der Waals surface area contributed by atoms with Gasteiger partial charge < -0.3 is 5.32 Å². The Morgan fingerprint density at radius 3 is 2.50 bits per heavy atom. The highest BCUT2D eigenvalue weighted by Gasteiger charge is 2.05. The fourth-order valence-electron chi connectivity index (χ4n) is 1.37. The molecule has 0 saturated carbocycles. The summed E-state index contributed by atoms with van der Waals surface area (Å²) in [7, 11) is 0. The Morgan fingerprint density at radius 2 is 1.94 bits per heavy atom. The van der Waals surface area contributed by atoms with E-state index in [0.717, 1.165) is 5.69 Å². The molecule has 1 N–H and O–H groups in total. The zero-order chi connectivity index (χ0) is 12.1. The van der Waals surface area contributed by atoms with E-state index in [1.165, 1.54) is 4.90 Å². The predicted molar refractivity (Wildman–Crippen MR) is 77.7 cm³/mol. The number of halogens is 1. The van der Waals surface area contributed by atoms with Gasteiger partial charge >= 0.3 is 0 Å². The third-order valence-corrected chi connectivity index (χ3v) is 3.02. The molecule has 1 amide bonds. The van der Waals surface area contributed by atoms with Gasteiger partial charge in [0.25, 0.3) is 5.91 Å². The van der Waals surface area contributed by atoms with Gasteiger partial charge in [0.05, 0.1) is 5.56 Å². The minimum absolute atomic E-state index is 0. The lowest BCUT2D eigenvalue weighted by molar-refractivity contribution is 0.102. The molecule has 0 fully saturated rings. The van der Waals surface area contributed by atoms with Gasteiger partial charge in [0.15, 0.2) is 0 Å². The van der Waals surface area contributed by atoms with Crippen molar-refractivity contribution in [2.45, 2.75) is 4.90 Å². The first-order chi connectivity index (χ1) is 8.29. The molecule has 0 atom stereocenters. The van der Waals surface area contributed by atoms with Crippen molar-refractivity contribution in [3.63, 3.8) is 0 Å². The summed E-state index contributed by atoms with van der Waals surface area (Å²) in [6, 6.07) is 11.2. The fourth-order valence-corrected chi connectivity index (χ4v) is 1.78. The number of thioether (sulfide) groups is 1. The summed E-state index contributed by atoms with van der Waals surface area (Å²) < 4.78 is 0. The van der Waals surface area contributed by atoms with Crippen molar-refractivity contribution in [3.05, 3.63) is 54.4 Å². The highest BCUT2D eigenvalue weighted by atomic mass is 35.5. The SMILES string of the molecule is CSc1ccc(NC(=O)c2cccnc2)cc1.Cl. The van der Waals surface area contributed by atoms with Crippen molar-refractivity contribution in [1.82, 2.24) is 4.98 Å². The lowest BCUT2D eigenvalue weighted by atomic mass is 10.2. The second-order valence-corrected chi connectivity index (χ2v) is 4.30. The van der Waals surface area contributed by atoms with Crippen LogP contribution in [0.25, 0.3) is 0 Å². The Kier molecular flexibility index (Phi) is 5.68. The van der Waals surface area contributed by atoms with E-state index in [1.807, 2.05) is 30.5 Å². The van der Waals surface area contributed by atoms with Crippen molar-refractivity contribution in [1.29, 1.82) is 0 Å². The van der Waals surface area contributed by atoms with Crippen LogP contribution in [0.15, 0.2) is 53.7 Å². The molecular formula is C13H13ClN2OS. The molecule has 1 aromatic carbocycles. The van der Waals surface area contributed by atoms with Gasteiger partial charge in [-0.25, -0.2) is 0 Å². The second kappa shape index (κ2) is 7.03. The van der Waals surface area contributed by atoms with Gasteiger partial charge in [-0.2, -0.15) is 0 Å². The number of benzene rings is 1. The number of hydrogen-bond acceptors (Lipinski definition) is 3. The third-order valence-electron chi connectivity index (χ3n) is 2.27. The summed E-state index contributed by atoms with van der Waals surface area (Å²) in [6.07, 6.45) is 5.21. The maximum absolute atomic E-state index is 11.8. The molecule has 0 aliphatic heterocycles. The van der Waals surface area contributed by atoms with Gasteiger partial charge in [-0.15, -0.1) is 24.2 Å². The summed E-state index contributed by atoms with van der Waals surface area (Å²) in [4.78, 5) is 16.9. The standard InChI is InChI=1S/C13H12N2OS.ClH/c1-17-12-6-4-11(5-7-12)15-13(16)10-3-2-8-14-9-10;/h2-9H,1H3,(H,15,16);1H. The molecule has 0 aliphatic carbocycles. The van der Waals surface area contributed by atoms with Crippen molar-refractivity contribution >= 4 is 35.8 Å². The highest BCUT2D eigenvalue weighted by Crippen LogP contribution is 2.17. The largest absolute Gasteiger partial charge is 0.322 e. The summed E-state index contributed by atoms with van der Waals surface area (Å²) in [5.41, 5.74) is 1.35. The molecule has 0 spiro atoms. The quantitative estimate of drug-likeness (QED) is 0.875. The Balaban J connectivity index is 0.00000162. The number of amides is 1. The average molecular weight is 281 g/mol. The number of rotatable bonds is 3. The first kappa shape index (κ1) is 14.5. The number of pyridine rings is 1. The smallest absolute Gasteiger partial charge is 0.257 e. The molecule has 0 bridgehead atoms. The first-order valence-corrected chi connectivity index (χ1v) is 6.37. The molecule has 0 aliphatic rings. The molecule has 0 unspecified atom stereocenters. The molecule has 2 rings (SSSR count). The normalized spacial score (nSPS) is 9.39. The van der Waals surface area contributed by atoms with E-state index in [4.69, 9.17) is 0 Å². The molecular weight excluding hydrogens is 268 g/mol. The molecule has 18 heavy (non-hydrogen) atoms. The van der Waals surface area contributed by atoms with Crippen LogP contribution >= 0.6 is 24.2 Å². The number of carbonyl (C=O) groups excluding carboxylic acids is 1. The molecule has 2 aromatic rings. The van der Waals surface area contributed by atoms with Crippen LogP contribution in [-0.2, 0) is 0 Å². The molecule has 1 heterocycles. The maximum atomic E-state index is 11.8. The van der Waals surface area contributed by atoms with Crippen LogP contribution in [0.2, 0.25) is 0 Å². The van der Waals surface area contributed by atoms with E-state index in [2.05, 4.69) is 10.3 Å². The predicted octanol–water partition coefficient (Wildman–Crippen LogP) is 3.48. The van der Waals surface area contributed by atoms with Crippen LogP contribution in [0.4, 0.5) is 5.69 Å². The van der Waals surface area contributed by atoms with Gasteiger partial charge in [0.2, 0.25) is 0 Å². The van der Waals surface area contributed by atoms with Crippen LogP contribution in [0, 0.1) is 0 Å². The maximum Gasteiger partial charge on any atom is 0.257 e. The Labute approximate surface area is 116 Å². The molecule has 0 saturated heterocycles. The van der Waals surface area contributed by atoms with Crippen molar-refractivity contribution < 1.29 is 4.79 Å². The first-order valence-electron chi connectivity index (χ1n) is 5.15. The van der Waals surface area contributed by atoms with Gasteiger partial charge in [-0.3, -0.25) is 9.78 Å². The van der Waals surface area contributed by atoms with Crippen LogP contribution in [-0.4, -0.2) is 17.1 Å². The zero-order valence-electron chi connectivity index (χ0n) is 9.79. The number of nitrogens with one attached hydrogen (secondary N) is 1. The summed E-state index contributed by atoms with van der Waals surface area (Å²) in [5.74, 6) is -0.144. The lowest BCUT2D eigenvalue weighted by Crippen LogP contribution is -2.11. The fraction of sp³-hybridized carbons (Fsp3) is 0.0769. The number of hydrogen-bond donors (Lipinski definition) is 1. The van der Waals surface area contributed by atoms with Crippen LogP contribution < -0.4 is 5.32 Å². The number of nitrogens with zero attached hydrogens (tertiary/aromatic N) is 1.